The maximum Gasteiger partial charge on any atom is 0.205 e. The topological polar surface area (TPSA) is 51.8 Å². The van der Waals surface area contributed by atoms with E-state index in [0.717, 1.165) is 20.8 Å². The number of halogens is 1. The first-order chi connectivity index (χ1) is 11.3. The Balaban J connectivity index is 1.52. The van der Waals surface area contributed by atoms with Crippen LogP contribution in [0.25, 0.3) is 21.5 Å². The fraction of sp³-hybridized carbons (Fsp3) is 0.0625. The quantitative estimate of drug-likeness (QED) is 0.394. The van der Waals surface area contributed by atoms with Crippen molar-refractivity contribution in [3.8, 4) is 11.3 Å². The molecule has 3 aromatic heterocycles. The van der Waals surface area contributed by atoms with E-state index in [2.05, 4.69) is 15.0 Å². The number of thioether (sulfide) groups is 1. The Morgan fingerprint density at radius 2 is 1.96 bits per heavy atom. The van der Waals surface area contributed by atoms with Crippen LogP contribution >= 0.6 is 23.1 Å². The molecule has 0 saturated heterocycles. The number of oxazole rings is 1. The van der Waals surface area contributed by atoms with Gasteiger partial charge in [-0.2, -0.15) is 0 Å². The van der Waals surface area contributed by atoms with E-state index in [0.29, 0.717) is 17.4 Å². The molecule has 0 aliphatic carbocycles. The van der Waals surface area contributed by atoms with E-state index in [1.54, 1.807) is 47.8 Å². The molecule has 114 valence electrons. The van der Waals surface area contributed by atoms with Crippen molar-refractivity contribution in [1.82, 2.24) is 15.0 Å². The molecule has 0 radical (unpaired) electrons. The van der Waals surface area contributed by atoms with Gasteiger partial charge in [0.15, 0.2) is 5.76 Å². The van der Waals surface area contributed by atoms with Crippen LogP contribution in [0.5, 0.6) is 0 Å². The standard InChI is InChI=1S/C16H10FN3OS2/c17-11-3-1-10(2-4-11)13-7-18-14(21-13)8-23-16-15-12(5-6-22-15)19-9-20-16/h1-7,9H,8H2. The monoisotopic (exact) mass is 343 g/mol. The summed E-state index contributed by atoms with van der Waals surface area (Å²) < 4.78 is 19.8. The first-order valence-corrected chi connectivity index (χ1v) is 8.68. The van der Waals surface area contributed by atoms with Crippen LogP contribution in [0, 0.1) is 5.82 Å². The van der Waals surface area contributed by atoms with Gasteiger partial charge in [-0.1, -0.05) is 11.8 Å². The SMILES string of the molecule is Fc1ccc(-c2cnc(CSc3ncnc4ccsc34)o2)cc1. The zero-order valence-electron chi connectivity index (χ0n) is 11.8. The molecular formula is C16H10FN3OS2. The number of rotatable bonds is 4. The van der Waals surface area contributed by atoms with Crippen molar-refractivity contribution in [3.05, 3.63) is 59.9 Å². The Labute approximate surface area is 139 Å². The Hall–Kier alpha value is -2.25. The van der Waals surface area contributed by atoms with Gasteiger partial charge in [-0.25, -0.2) is 19.3 Å². The zero-order valence-corrected chi connectivity index (χ0v) is 13.4. The summed E-state index contributed by atoms with van der Waals surface area (Å²) in [4.78, 5) is 12.8. The van der Waals surface area contributed by atoms with E-state index < -0.39 is 0 Å². The summed E-state index contributed by atoms with van der Waals surface area (Å²) in [6, 6.07) is 8.13. The molecule has 4 rings (SSSR count). The predicted molar refractivity (Wildman–Crippen MR) is 88.9 cm³/mol. The molecule has 0 aliphatic heterocycles. The summed E-state index contributed by atoms with van der Waals surface area (Å²) in [5.74, 6) is 1.54. The minimum Gasteiger partial charge on any atom is -0.440 e. The van der Waals surface area contributed by atoms with E-state index in [1.807, 2.05) is 11.4 Å². The molecule has 0 amide bonds. The second-order valence-corrected chi connectivity index (χ2v) is 6.61. The van der Waals surface area contributed by atoms with Crippen molar-refractivity contribution in [3.63, 3.8) is 0 Å². The molecule has 4 aromatic rings. The molecule has 0 bridgehead atoms. The second-order valence-electron chi connectivity index (χ2n) is 4.73. The molecule has 0 fully saturated rings. The van der Waals surface area contributed by atoms with E-state index in [4.69, 9.17) is 4.42 Å². The maximum atomic E-state index is 13.0. The van der Waals surface area contributed by atoms with Gasteiger partial charge in [-0.3, -0.25) is 0 Å². The lowest BCUT2D eigenvalue weighted by molar-refractivity contribution is 0.529. The summed E-state index contributed by atoms with van der Waals surface area (Å²) in [6.45, 7) is 0. The van der Waals surface area contributed by atoms with Crippen LogP contribution in [0.4, 0.5) is 4.39 Å². The lowest BCUT2D eigenvalue weighted by Gasteiger charge is -1.99. The van der Waals surface area contributed by atoms with Crippen LogP contribution in [-0.2, 0) is 5.75 Å². The van der Waals surface area contributed by atoms with Crippen LogP contribution in [0.1, 0.15) is 5.89 Å². The van der Waals surface area contributed by atoms with Crippen molar-refractivity contribution < 1.29 is 8.81 Å². The molecule has 0 unspecified atom stereocenters. The van der Waals surface area contributed by atoms with Crippen molar-refractivity contribution in [2.45, 2.75) is 10.8 Å². The fourth-order valence-corrected chi connectivity index (χ4v) is 3.92. The maximum absolute atomic E-state index is 13.0. The molecule has 0 N–H and O–H groups in total. The highest BCUT2D eigenvalue weighted by atomic mass is 32.2. The predicted octanol–water partition coefficient (Wildman–Crippen LogP) is 4.78. The zero-order chi connectivity index (χ0) is 15.6. The van der Waals surface area contributed by atoms with Crippen LogP contribution in [0.2, 0.25) is 0 Å². The minimum atomic E-state index is -0.271. The number of hydrogen-bond acceptors (Lipinski definition) is 6. The van der Waals surface area contributed by atoms with Gasteiger partial charge in [0.05, 0.1) is 22.2 Å². The lowest BCUT2D eigenvalue weighted by atomic mass is 10.2. The third-order valence-electron chi connectivity index (χ3n) is 3.23. The van der Waals surface area contributed by atoms with Gasteiger partial charge in [0.2, 0.25) is 5.89 Å². The van der Waals surface area contributed by atoms with Crippen molar-refractivity contribution in [2.75, 3.05) is 0 Å². The van der Waals surface area contributed by atoms with Crippen molar-refractivity contribution in [2.24, 2.45) is 0 Å². The second kappa shape index (κ2) is 6.10. The molecule has 4 nitrogen and oxygen atoms in total. The first kappa shape index (κ1) is 14.3. The van der Waals surface area contributed by atoms with Gasteiger partial charge in [0.25, 0.3) is 0 Å². The van der Waals surface area contributed by atoms with Crippen LogP contribution in [-0.4, -0.2) is 15.0 Å². The molecule has 0 spiro atoms. The number of nitrogens with zero attached hydrogens (tertiary/aromatic N) is 3. The van der Waals surface area contributed by atoms with Gasteiger partial charge in [-0.05, 0) is 35.7 Å². The summed E-state index contributed by atoms with van der Waals surface area (Å²) in [7, 11) is 0. The van der Waals surface area contributed by atoms with Crippen molar-refractivity contribution in [1.29, 1.82) is 0 Å². The van der Waals surface area contributed by atoms with E-state index in [-0.39, 0.29) is 5.82 Å². The highest BCUT2D eigenvalue weighted by molar-refractivity contribution is 7.98. The van der Waals surface area contributed by atoms with Gasteiger partial charge in [0.1, 0.15) is 17.2 Å². The first-order valence-electron chi connectivity index (χ1n) is 6.81. The fourth-order valence-electron chi connectivity index (χ4n) is 2.12. The van der Waals surface area contributed by atoms with E-state index >= 15 is 0 Å². The van der Waals surface area contributed by atoms with E-state index in [1.165, 1.54) is 12.1 Å². The summed E-state index contributed by atoms with van der Waals surface area (Å²) in [5, 5.41) is 2.92. The molecule has 7 heteroatoms. The smallest absolute Gasteiger partial charge is 0.205 e. The van der Waals surface area contributed by atoms with Gasteiger partial charge < -0.3 is 4.42 Å². The number of aromatic nitrogens is 3. The molecule has 0 aliphatic rings. The van der Waals surface area contributed by atoms with Crippen molar-refractivity contribution >= 4 is 33.3 Å². The Morgan fingerprint density at radius 1 is 1.09 bits per heavy atom. The Bertz CT molecular complexity index is 949. The summed E-state index contributed by atoms with van der Waals surface area (Å²) >= 11 is 3.18. The lowest BCUT2D eigenvalue weighted by Crippen LogP contribution is -1.85. The van der Waals surface area contributed by atoms with Crippen LogP contribution in [0.3, 0.4) is 0 Å². The average molecular weight is 343 g/mol. The molecule has 23 heavy (non-hydrogen) atoms. The Kier molecular flexibility index (Phi) is 3.80. The van der Waals surface area contributed by atoms with Gasteiger partial charge in [0, 0.05) is 5.56 Å². The largest absolute Gasteiger partial charge is 0.440 e. The highest BCUT2D eigenvalue weighted by Gasteiger charge is 2.10. The van der Waals surface area contributed by atoms with Crippen LogP contribution < -0.4 is 0 Å². The number of fused-ring (bicyclic) bond motifs is 1. The molecule has 0 saturated carbocycles. The Morgan fingerprint density at radius 3 is 2.83 bits per heavy atom. The number of hydrogen-bond donors (Lipinski definition) is 0. The summed E-state index contributed by atoms with van der Waals surface area (Å²) in [6.07, 6.45) is 3.22. The molecule has 1 aromatic carbocycles. The highest BCUT2D eigenvalue weighted by Crippen LogP contribution is 2.31. The third kappa shape index (κ3) is 2.97. The normalized spacial score (nSPS) is 11.2. The van der Waals surface area contributed by atoms with Crippen LogP contribution in [0.15, 0.2) is 57.7 Å². The third-order valence-corrected chi connectivity index (χ3v) is 5.24. The average Bonchev–Trinajstić information content (AvgIpc) is 3.23. The molecule has 0 atom stereocenters. The van der Waals surface area contributed by atoms with Gasteiger partial charge in [-0.15, -0.1) is 11.3 Å². The molecule has 3 heterocycles. The minimum absolute atomic E-state index is 0.271. The number of benzene rings is 1. The summed E-state index contributed by atoms with van der Waals surface area (Å²) in [5.41, 5.74) is 1.75. The van der Waals surface area contributed by atoms with E-state index in [9.17, 15) is 4.39 Å². The molecular weight excluding hydrogens is 333 g/mol. The number of thiophene rings is 1. The van der Waals surface area contributed by atoms with Gasteiger partial charge >= 0.3 is 0 Å².